The van der Waals surface area contributed by atoms with E-state index >= 15 is 0 Å². The molecular formula is C13H17FO. The van der Waals surface area contributed by atoms with Gasteiger partial charge in [0.05, 0.1) is 0 Å². The zero-order valence-electron chi connectivity index (χ0n) is 9.04. The second kappa shape index (κ2) is 3.84. The summed E-state index contributed by atoms with van der Waals surface area (Å²) in [4.78, 5) is 0. The lowest BCUT2D eigenvalue weighted by Crippen LogP contribution is -2.31. The highest BCUT2D eigenvalue weighted by molar-refractivity contribution is 5.33. The minimum Gasteiger partial charge on any atom is -0.508 e. The fraction of sp³-hybridized carbons (Fsp3) is 0.538. The normalized spacial score (nSPS) is 21.5. The van der Waals surface area contributed by atoms with E-state index in [1.807, 2.05) is 12.1 Å². The molecule has 1 nitrogen and oxygen atoms in total. The van der Waals surface area contributed by atoms with Crippen molar-refractivity contribution in [1.29, 1.82) is 0 Å². The minimum absolute atomic E-state index is 0.249. The zero-order chi connectivity index (χ0) is 10.9. The van der Waals surface area contributed by atoms with Gasteiger partial charge in [0.2, 0.25) is 0 Å². The first-order valence-corrected chi connectivity index (χ1v) is 5.59. The van der Waals surface area contributed by atoms with Crippen molar-refractivity contribution >= 4 is 0 Å². The monoisotopic (exact) mass is 208 g/mol. The van der Waals surface area contributed by atoms with Crippen LogP contribution in [0.4, 0.5) is 4.39 Å². The van der Waals surface area contributed by atoms with Crippen molar-refractivity contribution < 1.29 is 9.50 Å². The minimum atomic E-state index is -0.815. The topological polar surface area (TPSA) is 20.2 Å². The van der Waals surface area contributed by atoms with E-state index in [4.69, 9.17) is 0 Å². The van der Waals surface area contributed by atoms with Crippen molar-refractivity contribution in [3.8, 4) is 5.75 Å². The van der Waals surface area contributed by atoms with Crippen LogP contribution in [-0.2, 0) is 5.41 Å². The first-order chi connectivity index (χ1) is 7.15. The Morgan fingerprint density at radius 3 is 2.20 bits per heavy atom. The predicted octanol–water partition coefficient (Wildman–Crippen LogP) is 3.56. The summed E-state index contributed by atoms with van der Waals surface area (Å²) >= 11 is 0. The Kier molecular flexibility index (Phi) is 2.68. The van der Waals surface area contributed by atoms with Crippen LogP contribution in [-0.4, -0.2) is 11.3 Å². The average molecular weight is 208 g/mol. The maximum absolute atomic E-state index is 13.8. The third kappa shape index (κ3) is 1.73. The summed E-state index contributed by atoms with van der Waals surface area (Å²) in [6.07, 6.45) is 3.25. The molecule has 0 bridgehead atoms. The van der Waals surface area contributed by atoms with Gasteiger partial charge < -0.3 is 5.11 Å². The summed E-state index contributed by atoms with van der Waals surface area (Å²) in [5, 5.41) is 9.23. The molecule has 0 radical (unpaired) electrons. The molecule has 15 heavy (non-hydrogen) atoms. The number of aromatic hydroxyl groups is 1. The molecule has 2 rings (SSSR count). The summed E-state index contributed by atoms with van der Waals surface area (Å²) < 4.78 is 13.8. The van der Waals surface area contributed by atoms with Crippen LogP contribution >= 0.6 is 0 Å². The summed E-state index contributed by atoms with van der Waals surface area (Å²) in [7, 11) is 0. The van der Waals surface area contributed by atoms with Crippen LogP contribution < -0.4 is 0 Å². The van der Waals surface area contributed by atoms with Gasteiger partial charge in [0, 0.05) is 5.41 Å². The van der Waals surface area contributed by atoms with Gasteiger partial charge in [-0.05, 0) is 37.5 Å². The maximum atomic E-state index is 13.8. The van der Waals surface area contributed by atoms with Crippen LogP contribution in [0.15, 0.2) is 24.3 Å². The Hall–Kier alpha value is -1.05. The van der Waals surface area contributed by atoms with Crippen molar-refractivity contribution in [3.05, 3.63) is 29.8 Å². The van der Waals surface area contributed by atoms with Gasteiger partial charge >= 0.3 is 0 Å². The molecule has 0 spiro atoms. The molecule has 1 aliphatic rings. The van der Waals surface area contributed by atoms with Crippen molar-refractivity contribution in [2.45, 2.75) is 44.2 Å². The number of benzene rings is 1. The number of hydrogen-bond donors (Lipinski definition) is 1. The molecule has 1 aromatic rings. The van der Waals surface area contributed by atoms with Gasteiger partial charge in [0.25, 0.3) is 0 Å². The quantitative estimate of drug-likeness (QED) is 0.787. The van der Waals surface area contributed by atoms with Crippen LogP contribution in [0.3, 0.4) is 0 Å². The van der Waals surface area contributed by atoms with Crippen LogP contribution in [0.25, 0.3) is 0 Å². The van der Waals surface area contributed by atoms with Gasteiger partial charge in [-0.1, -0.05) is 25.0 Å². The number of rotatable bonds is 2. The van der Waals surface area contributed by atoms with E-state index in [1.165, 1.54) is 0 Å². The second-order valence-electron chi connectivity index (χ2n) is 4.53. The molecule has 82 valence electrons. The van der Waals surface area contributed by atoms with E-state index in [0.717, 1.165) is 31.2 Å². The van der Waals surface area contributed by atoms with Crippen LogP contribution in [0.5, 0.6) is 5.75 Å². The lowest BCUT2D eigenvalue weighted by atomic mass is 9.75. The molecule has 0 aromatic heterocycles. The number of halogens is 1. The molecule has 0 saturated heterocycles. The van der Waals surface area contributed by atoms with Gasteiger partial charge in [-0.2, -0.15) is 0 Å². The van der Waals surface area contributed by atoms with Crippen LogP contribution in [0.1, 0.15) is 38.2 Å². The third-order valence-corrected chi connectivity index (χ3v) is 3.70. The van der Waals surface area contributed by atoms with Gasteiger partial charge in [-0.15, -0.1) is 0 Å². The third-order valence-electron chi connectivity index (χ3n) is 3.70. The van der Waals surface area contributed by atoms with Gasteiger partial charge in [0.15, 0.2) is 0 Å². The summed E-state index contributed by atoms with van der Waals surface area (Å²) in [6.45, 7) is 1.65. The number of phenols is 1. The maximum Gasteiger partial charge on any atom is 0.115 e. The smallest absolute Gasteiger partial charge is 0.115 e. The molecule has 0 heterocycles. The Labute approximate surface area is 89.9 Å². The van der Waals surface area contributed by atoms with Gasteiger partial charge in [0.1, 0.15) is 11.9 Å². The average Bonchev–Trinajstić information content (AvgIpc) is 2.69. The molecule has 1 saturated carbocycles. The van der Waals surface area contributed by atoms with E-state index in [0.29, 0.717) is 0 Å². The van der Waals surface area contributed by atoms with Crippen LogP contribution in [0, 0.1) is 0 Å². The Balaban J connectivity index is 2.36. The standard InChI is InChI=1S/C13H17FO/c1-10(14)13(8-2-3-9-13)11-4-6-12(15)7-5-11/h4-7,10,15H,2-3,8-9H2,1H3. The predicted molar refractivity (Wildman–Crippen MR) is 58.8 cm³/mol. The lowest BCUT2D eigenvalue weighted by molar-refractivity contribution is 0.206. The molecule has 1 aliphatic carbocycles. The van der Waals surface area contributed by atoms with E-state index in [9.17, 15) is 9.50 Å². The summed E-state index contributed by atoms with van der Waals surface area (Å²) in [6, 6.07) is 7.02. The van der Waals surface area contributed by atoms with Gasteiger partial charge in [-0.25, -0.2) is 4.39 Å². The van der Waals surface area contributed by atoms with E-state index in [1.54, 1.807) is 19.1 Å². The molecule has 0 aliphatic heterocycles. The first-order valence-electron chi connectivity index (χ1n) is 5.59. The Morgan fingerprint density at radius 1 is 1.20 bits per heavy atom. The highest BCUT2D eigenvalue weighted by Gasteiger charge is 2.40. The molecular weight excluding hydrogens is 191 g/mol. The largest absolute Gasteiger partial charge is 0.508 e. The van der Waals surface area contributed by atoms with Gasteiger partial charge in [-0.3, -0.25) is 0 Å². The summed E-state index contributed by atoms with van der Waals surface area (Å²) in [5.74, 6) is 0.249. The first kappa shape index (κ1) is 10.5. The van der Waals surface area contributed by atoms with Crippen LogP contribution in [0.2, 0.25) is 0 Å². The van der Waals surface area contributed by atoms with Crippen molar-refractivity contribution in [1.82, 2.24) is 0 Å². The molecule has 1 unspecified atom stereocenters. The van der Waals surface area contributed by atoms with Crippen molar-refractivity contribution in [2.75, 3.05) is 0 Å². The lowest BCUT2D eigenvalue weighted by Gasteiger charge is -2.31. The molecule has 1 fully saturated rings. The molecule has 2 heteroatoms. The number of alkyl halides is 1. The summed E-state index contributed by atoms with van der Waals surface area (Å²) in [5.41, 5.74) is 0.737. The molecule has 1 aromatic carbocycles. The Morgan fingerprint density at radius 2 is 1.73 bits per heavy atom. The fourth-order valence-electron chi connectivity index (χ4n) is 2.72. The highest BCUT2D eigenvalue weighted by atomic mass is 19.1. The number of hydrogen-bond acceptors (Lipinski definition) is 1. The molecule has 1 N–H and O–H groups in total. The van der Waals surface area contributed by atoms with Crippen molar-refractivity contribution in [3.63, 3.8) is 0 Å². The highest BCUT2D eigenvalue weighted by Crippen LogP contribution is 2.45. The Bertz CT molecular complexity index is 323. The molecule has 0 amide bonds. The van der Waals surface area contributed by atoms with Crippen molar-refractivity contribution in [2.24, 2.45) is 0 Å². The zero-order valence-corrected chi connectivity index (χ0v) is 9.04. The number of phenolic OH excluding ortho intramolecular Hbond substituents is 1. The molecule has 1 atom stereocenters. The SMILES string of the molecule is CC(F)C1(c2ccc(O)cc2)CCCC1. The second-order valence-corrected chi connectivity index (χ2v) is 4.53. The fourth-order valence-corrected chi connectivity index (χ4v) is 2.72. The van der Waals surface area contributed by atoms with E-state index in [2.05, 4.69) is 0 Å². The van der Waals surface area contributed by atoms with E-state index < -0.39 is 6.17 Å². The van der Waals surface area contributed by atoms with E-state index in [-0.39, 0.29) is 11.2 Å².